The van der Waals surface area contributed by atoms with Gasteiger partial charge in [0.05, 0.1) is 26.4 Å². The molecule has 0 aliphatic rings. The Morgan fingerprint density at radius 2 is 0.453 bits per heavy atom. The van der Waals surface area contributed by atoms with Crippen molar-refractivity contribution in [2.24, 2.45) is 0 Å². The van der Waals surface area contributed by atoms with Gasteiger partial charge in [0.1, 0.15) is 25.4 Å². The highest BCUT2D eigenvalue weighted by atomic mass is 31.2. The van der Waals surface area contributed by atoms with Crippen molar-refractivity contribution < 1.29 is 75.8 Å². The Bertz CT molecular complexity index is 2710. The lowest BCUT2D eigenvalue weighted by Crippen LogP contribution is -2.30. The second-order valence-electron chi connectivity index (χ2n) is 31.4. The van der Waals surface area contributed by atoms with E-state index in [4.69, 9.17) is 32.3 Å². The highest BCUT2D eigenvalue weighted by molar-refractivity contribution is 7.47. The quantitative estimate of drug-likeness (QED) is 0.0146. The van der Waals surface area contributed by atoms with E-state index in [2.05, 4.69) is 167 Å². The van der Waals surface area contributed by atoms with Gasteiger partial charge in [-0.15, -0.1) is 0 Å². The van der Waals surface area contributed by atoms with Gasteiger partial charge in [-0.2, -0.15) is 0 Å². The average molecular weight is 1680 g/mol. The summed E-state index contributed by atoms with van der Waals surface area (Å²) >= 11 is 0. The number of unbranched alkanes of at least 4 members (excludes halogenated alkanes) is 42. The van der Waals surface area contributed by atoms with Gasteiger partial charge in [-0.1, -0.05) is 411 Å². The second kappa shape index (κ2) is 90.7. The number of allylic oxidation sites excluding steroid dienone is 24. The molecule has 5 unspecified atom stereocenters. The summed E-state index contributed by atoms with van der Waals surface area (Å²) in [6.07, 6.45) is 115. The van der Waals surface area contributed by atoms with Crippen LogP contribution in [0, 0.1) is 0 Å². The Morgan fingerprint density at radius 1 is 0.248 bits per heavy atom. The normalized spacial score (nSPS) is 14.4. The number of aliphatic hydroxyl groups excluding tert-OH is 2. The number of phosphoric ester groups is 2. The Kier molecular flexibility index (Phi) is 87.1. The SMILES string of the molecule is CC/C=C\C/C=C\C/C=C\C/C=C\C/C=C\C/C=C\CCCCCCCCCCCCCCCCC(=O)OCC(O)COP(=O)(O)OCC(O)COP(=O)(O)OCC(COC(=O)CCCCCCCCCCCCCCCC/C=C\C/C=C\C/C=C\C/C=C\C/C=C\C/C=C\CC)OC(=O)CCCCCCCCCCCCCCCCC. The minimum atomic E-state index is -4.94. The minimum absolute atomic E-state index is 0.108. The van der Waals surface area contributed by atoms with Crippen LogP contribution in [0.2, 0.25) is 0 Å². The van der Waals surface area contributed by atoms with Gasteiger partial charge >= 0.3 is 33.6 Å². The van der Waals surface area contributed by atoms with Gasteiger partial charge in [0.15, 0.2) is 6.10 Å². The van der Waals surface area contributed by atoms with Crippen LogP contribution >= 0.6 is 15.6 Å². The smallest absolute Gasteiger partial charge is 0.463 e. The van der Waals surface area contributed by atoms with Crippen LogP contribution < -0.4 is 0 Å². The van der Waals surface area contributed by atoms with Crippen molar-refractivity contribution in [3.05, 3.63) is 146 Å². The lowest BCUT2D eigenvalue weighted by molar-refractivity contribution is -0.161. The first-order chi connectivity index (χ1) is 57.2. The summed E-state index contributed by atoms with van der Waals surface area (Å²) in [5, 5.41) is 20.7. The van der Waals surface area contributed by atoms with E-state index in [1.165, 1.54) is 193 Å². The molecular weight excluding hydrogens is 1510 g/mol. The van der Waals surface area contributed by atoms with E-state index >= 15 is 0 Å². The van der Waals surface area contributed by atoms with Gasteiger partial charge < -0.3 is 34.2 Å². The largest absolute Gasteiger partial charge is 0.472 e. The van der Waals surface area contributed by atoms with E-state index in [0.29, 0.717) is 19.3 Å². The van der Waals surface area contributed by atoms with Crippen LogP contribution in [0.25, 0.3) is 0 Å². The zero-order valence-corrected chi connectivity index (χ0v) is 76.1. The molecule has 0 aromatic rings. The first-order valence-electron chi connectivity index (χ1n) is 47.1. The van der Waals surface area contributed by atoms with Crippen molar-refractivity contribution in [1.29, 1.82) is 0 Å². The van der Waals surface area contributed by atoms with Crippen molar-refractivity contribution in [2.45, 2.75) is 424 Å². The van der Waals surface area contributed by atoms with Crippen molar-refractivity contribution in [3.63, 3.8) is 0 Å². The Hall–Kier alpha value is -4.57. The molecule has 0 saturated carbocycles. The fraction of sp³-hybridized carbons (Fsp3) is 0.727. The molecule has 0 amide bonds. The standard InChI is InChI=1S/C99H172O16P2/c1-4-7-10-13-16-19-22-25-28-30-32-34-36-38-40-42-44-46-48-50-52-54-56-58-60-62-65-67-70-73-76-79-82-85-97(102)109-88-94(100)89-111-116(105,106)112-90-95(101)91-113-117(107,108)114-93-96(115-99(104)87-84-81-78-75-72-69-64-27-24-21-18-15-12-9-6-3)92-110-98(103)86-83-80-77-74-71-68-66-63-61-59-57-55-53-51-49-47-45-43-41-39-37-35-33-31-29-26-23-20-17-14-11-8-5-2/h7-8,10-11,16-17,19-20,25-26,28-29,32-35,38-41,44-47,94-96,100-101H,4-6,9,12-15,18,21-24,27,30-31,36-37,42-43,48-93H2,1-3H3,(H,105,106)(H,107,108)/b10-7-,11-8-,19-16-,20-17-,28-25-,29-26-,34-32-,35-33-,40-38-,41-39-,46-44-,47-45-. The molecule has 18 heteroatoms. The summed E-state index contributed by atoms with van der Waals surface area (Å²) in [5.41, 5.74) is 0. The van der Waals surface area contributed by atoms with E-state index in [1.54, 1.807) is 0 Å². The molecule has 4 N–H and O–H groups in total. The highest BCUT2D eigenvalue weighted by Gasteiger charge is 2.30. The predicted octanol–water partition coefficient (Wildman–Crippen LogP) is 29.1. The summed E-state index contributed by atoms with van der Waals surface area (Å²) in [6.45, 7) is 2.52. The number of rotatable bonds is 89. The third-order valence-corrected chi connectivity index (χ3v) is 22.0. The number of ether oxygens (including phenoxy) is 3. The Labute approximate surface area is 715 Å². The third-order valence-electron chi connectivity index (χ3n) is 20.1. The van der Waals surface area contributed by atoms with Crippen molar-refractivity contribution in [2.75, 3.05) is 39.6 Å². The molecule has 0 aromatic carbocycles. The summed E-state index contributed by atoms with van der Waals surface area (Å²) in [6, 6.07) is 0. The van der Waals surface area contributed by atoms with E-state index in [0.717, 1.165) is 154 Å². The molecule has 0 fully saturated rings. The zero-order chi connectivity index (χ0) is 85.1. The number of hydrogen-bond donors (Lipinski definition) is 4. The zero-order valence-electron chi connectivity index (χ0n) is 74.3. The van der Waals surface area contributed by atoms with Crippen LogP contribution in [0.15, 0.2) is 146 Å². The molecule has 0 rings (SSSR count). The lowest BCUT2D eigenvalue weighted by Gasteiger charge is -2.21. The molecule has 0 saturated heterocycles. The van der Waals surface area contributed by atoms with E-state index in [-0.39, 0.29) is 19.3 Å². The van der Waals surface area contributed by atoms with Gasteiger partial charge in [-0.25, -0.2) is 9.13 Å². The van der Waals surface area contributed by atoms with Crippen LogP contribution in [0.4, 0.5) is 0 Å². The monoisotopic (exact) mass is 1680 g/mol. The fourth-order valence-electron chi connectivity index (χ4n) is 13.0. The van der Waals surface area contributed by atoms with Gasteiger partial charge in [0, 0.05) is 19.3 Å². The van der Waals surface area contributed by atoms with Crippen LogP contribution in [0.5, 0.6) is 0 Å². The molecule has 0 aliphatic heterocycles. The first-order valence-corrected chi connectivity index (χ1v) is 50.1. The second-order valence-corrected chi connectivity index (χ2v) is 34.3. The van der Waals surface area contributed by atoms with Gasteiger partial charge in [-0.05, 0) is 122 Å². The number of aliphatic hydroxyl groups is 2. The molecule has 0 heterocycles. The van der Waals surface area contributed by atoms with Gasteiger partial charge in [0.2, 0.25) is 0 Å². The fourth-order valence-corrected chi connectivity index (χ4v) is 14.6. The van der Waals surface area contributed by atoms with E-state index in [9.17, 15) is 43.5 Å². The van der Waals surface area contributed by atoms with Crippen molar-refractivity contribution in [1.82, 2.24) is 0 Å². The summed E-state index contributed by atoms with van der Waals surface area (Å²) < 4.78 is 61.5. The maximum absolute atomic E-state index is 13.0. The number of carbonyl (C=O) groups excluding carboxylic acids is 3. The van der Waals surface area contributed by atoms with E-state index in [1.807, 2.05) is 0 Å². The molecule has 0 radical (unpaired) electrons. The first kappa shape index (κ1) is 112. The molecule has 5 atom stereocenters. The molecule has 0 aromatic heterocycles. The molecule has 0 bridgehead atoms. The molecule has 117 heavy (non-hydrogen) atoms. The van der Waals surface area contributed by atoms with Crippen LogP contribution in [0.1, 0.15) is 406 Å². The van der Waals surface area contributed by atoms with Crippen LogP contribution in [-0.4, -0.2) is 95.9 Å². The number of carbonyl (C=O) groups is 3. The molecule has 0 spiro atoms. The molecule has 674 valence electrons. The summed E-state index contributed by atoms with van der Waals surface area (Å²) in [4.78, 5) is 59.0. The topological polar surface area (TPSA) is 231 Å². The maximum Gasteiger partial charge on any atom is 0.472 e. The van der Waals surface area contributed by atoms with Crippen LogP contribution in [0.3, 0.4) is 0 Å². The number of hydrogen-bond acceptors (Lipinski definition) is 14. The van der Waals surface area contributed by atoms with Gasteiger partial charge in [0.25, 0.3) is 0 Å². The lowest BCUT2D eigenvalue weighted by atomic mass is 10.0. The van der Waals surface area contributed by atoms with Gasteiger partial charge in [-0.3, -0.25) is 32.5 Å². The molecular formula is C99H172O16P2. The van der Waals surface area contributed by atoms with E-state index < -0.39 is 91.5 Å². The Morgan fingerprint density at radius 3 is 0.718 bits per heavy atom. The Balaban J connectivity index is 4.45. The average Bonchev–Trinajstić information content (AvgIpc) is 0.874. The van der Waals surface area contributed by atoms with Crippen molar-refractivity contribution in [3.8, 4) is 0 Å². The summed E-state index contributed by atoms with van der Waals surface area (Å²) in [5.74, 6) is -1.56. The summed E-state index contributed by atoms with van der Waals surface area (Å²) in [7, 11) is -9.80. The van der Waals surface area contributed by atoms with Crippen LogP contribution in [-0.2, 0) is 55.8 Å². The maximum atomic E-state index is 13.0. The highest BCUT2D eigenvalue weighted by Crippen LogP contribution is 2.45. The molecule has 16 nitrogen and oxygen atoms in total. The third kappa shape index (κ3) is 92.0. The number of esters is 3. The van der Waals surface area contributed by atoms with Crippen molar-refractivity contribution >= 4 is 33.6 Å². The molecule has 0 aliphatic carbocycles. The predicted molar refractivity (Wildman–Crippen MR) is 491 cm³/mol. The number of phosphoric acid groups is 2. The minimum Gasteiger partial charge on any atom is -0.463 e.